The molecule has 0 saturated heterocycles. The van der Waals surface area contributed by atoms with E-state index in [1.807, 2.05) is 0 Å². The Hall–Kier alpha value is -1.51. The zero-order valence-electron chi connectivity index (χ0n) is 10.8. The topological polar surface area (TPSA) is 36.4 Å². The lowest BCUT2D eigenvalue weighted by molar-refractivity contribution is 0.443. The van der Waals surface area contributed by atoms with Crippen LogP contribution in [0.15, 0.2) is 29.3 Å². The quantitative estimate of drug-likeness (QED) is 0.790. The third-order valence-corrected chi connectivity index (χ3v) is 3.80. The minimum Gasteiger partial charge on any atom is -0.383 e. The van der Waals surface area contributed by atoms with E-state index in [4.69, 9.17) is 4.99 Å². The van der Waals surface area contributed by atoms with Gasteiger partial charge in [-0.1, -0.05) is 31.4 Å². The fourth-order valence-corrected chi connectivity index (χ4v) is 2.81. The van der Waals surface area contributed by atoms with Crippen LogP contribution in [0.1, 0.15) is 38.5 Å². The molecule has 18 heavy (non-hydrogen) atoms. The van der Waals surface area contributed by atoms with Gasteiger partial charge in [0.2, 0.25) is 0 Å². The molecule has 1 heterocycles. The van der Waals surface area contributed by atoms with Crippen molar-refractivity contribution < 1.29 is 0 Å². The van der Waals surface area contributed by atoms with Crippen molar-refractivity contribution in [1.29, 1.82) is 0 Å². The van der Waals surface area contributed by atoms with Crippen LogP contribution in [0, 0.1) is 0 Å². The van der Waals surface area contributed by atoms with Gasteiger partial charge < -0.3 is 10.6 Å². The molecule has 3 nitrogen and oxygen atoms in total. The van der Waals surface area contributed by atoms with E-state index in [0.29, 0.717) is 6.04 Å². The standard InChI is InChI=1S/C15H21N3/c1-2-6-12(7-3-1)17-15-10-11-16-13-8-4-5-9-14(13)18-15/h4-5,8-9,12,16H,1-3,6-7,10-11H2,(H,17,18). The lowest BCUT2D eigenvalue weighted by Crippen LogP contribution is -2.18. The van der Waals surface area contributed by atoms with Gasteiger partial charge in [-0.2, -0.15) is 0 Å². The SMILES string of the molecule is c1ccc2c(c1)NCCC(=NC1CCCCC1)N2. The molecule has 0 spiro atoms. The van der Waals surface area contributed by atoms with Crippen LogP contribution in [0.2, 0.25) is 0 Å². The van der Waals surface area contributed by atoms with Gasteiger partial charge in [-0.15, -0.1) is 0 Å². The van der Waals surface area contributed by atoms with Gasteiger partial charge in [0.15, 0.2) is 0 Å². The van der Waals surface area contributed by atoms with Crippen molar-refractivity contribution >= 4 is 17.2 Å². The molecule has 1 aromatic carbocycles. The first kappa shape index (κ1) is 11.6. The predicted molar refractivity (Wildman–Crippen MR) is 77.5 cm³/mol. The van der Waals surface area contributed by atoms with E-state index in [9.17, 15) is 0 Å². The van der Waals surface area contributed by atoms with Gasteiger partial charge in [0.05, 0.1) is 17.4 Å². The number of anilines is 2. The number of nitrogens with one attached hydrogen (secondary N) is 2. The molecule has 2 aliphatic rings. The molecule has 96 valence electrons. The number of rotatable bonds is 1. The van der Waals surface area contributed by atoms with Crippen molar-refractivity contribution in [2.45, 2.75) is 44.6 Å². The highest BCUT2D eigenvalue weighted by Crippen LogP contribution is 2.25. The highest BCUT2D eigenvalue weighted by Gasteiger charge is 2.15. The number of aliphatic imine (C=N–C) groups is 1. The van der Waals surface area contributed by atoms with Crippen molar-refractivity contribution in [2.75, 3.05) is 17.2 Å². The summed E-state index contributed by atoms with van der Waals surface area (Å²) < 4.78 is 0. The molecule has 0 aromatic heterocycles. The van der Waals surface area contributed by atoms with Gasteiger partial charge in [0.25, 0.3) is 0 Å². The predicted octanol–water partition coefficient (Wildman–Crippen LogP) is 3.65. The summed E-state index contributed by atoms with van der Waals surface area (Å²) in [6, 6.07) is 8.91. The Balaban J connectivity index is 1.76. The van der Waals surface area contributed by atoms with Gasteiger partial charge in [-0.3, -0.25) is 4.99 Å². The van der Waals surface area contributed by atoms with E-state index >= 15 is 0 Å². The van der Waals surface area contributed by atoms with E-state index in [1.165, 1.54) is 37.8 Å². The molecule has 2 N–H and O–H groups in total. The largest absolute Gasteiger partial charge is 0.383 e. The maximum Gasteiger partial charge on any atom is 0.103 e. The monoisotopic (exact) mass is 243 g/mol. The number of para-hydroxylation sites is 2. The average molecular weight is 243 g/mol. The Labute approximate surface area is 109 Å². The van der Waals surface area contributed by atoms with Crippen LogP contribution in [0.5, 0.6) is 0 Å². The number of hydrogen-bond donors (Lipinski definition) is 2. The third kappa shape index (κ3) is 2.66. The minimum atomic E-state index is 0.548. The molecule has 1 saturated carbocycles. The van der Waals surface area contributed by atoms with Gasteiger partial charge >= 0.3 is 0 Å². The Bertz CT molecular complexity index is 433. The van der Waals surface area contributed by atoms with Gasteiger partial charge in [-0.05, 0) is 25.0 Å². The molecule has 1 fully saturated rings. The average Bonchev–Trinajstić information content (AvgIpc) is 2.61. The zero-order chi connectivity index (χ0) is 12.2. The van der Waals surface area contributed by atoms with Gasteiger partial charge in [0.1, 0.15) is 5.84 Å². The first-order valence-corrected chi connectivity index (χ1v) is 7.08. The summed E-state index contributed by atoms with van der Waals surface area (Å²) >= 11 is 0. The van der Waals surface area contributed by atoms with Crippen LogP contribution in [-0.2, 0) is 0 Å². The maximum absolute atomic E-state index is 4.92. The second-order valence-electron chi connectivity index (χ2n) is 5.21. The molecule has 0 amide bonds. The summed E-state index contributed by atoms with van der Waals surface area (Å²) in [5.74, 6) is 1.15. The van der Waals surface area contributed by atoms with E-state index in [1.54, 1.807) is 0 Å². The summed E-state index contributed by atoms with van der Waals surface area (Å²) in [6.45, 7) is 0.968. The summed E-state index contributed by atoms with van der Waals surface area (Å²) in [5.41, 5.74) is 2.34. The molecule has 1 aliphatic heterocycles. The van der Waals surface area contributed by atoms with E-state index in [2.05, 4.69) is 34.9 Å². The van der Waals surface area contributed by atoms with E-state index in [0.717, 1.165) is 24.5 Å². The first-order valence-electron chi connectivity index (χ1n) is 7.08. The number of amidine groups is 1. The van der Waals surface area contributed by atoms with Crippen molar-refractivity contribution in [2.24, 2.45) is 4.99 Å². The smallest absolute Gasteiger partial charge is 0.103 e. The van der Waals surface area contributed by atoms with Gasteiger partial charge in [0, 0.05) is 13.0 Å². The highest BCUT2D eigenvalue weighted by molar-refractivity contribution is 5.99. The van der Waals surface area contributed by atoms with Gasteiger partial charge in [-0.25, -0.2) is 0 Å². The van der Waals surface area contributed by atoms with Crippen molar-refractivity contribution in [1.82, 2.24) is 0 Å². The van der Waals surface area contributed by atoms with Crippen molar-refractivity contribution in [3.05, 3.63) is 24.3 Å². The second-order valence-corrected chi connectivity index (χ2v) is 5.21. The molecule has 3 rings (SSSR count). The van der Waals surface area contributed by atoms with Crippen molar-refractivity contribution in [3.63, 3.8) is 0 Å². The second kappa shape index (κ2) is 5.42. The number of fused-ring (bicyclic) bond motifs is 1. The molecule has 0 radical (unpaired) electrons. The lowest BCUT2D eigenvalue weighted by atomic mass is 9.96. The summed E-state index contributed by atoms with van der Waals surface area (Å²) in [5, 5.41) is 6.94. The Morgan fingerprint density at radius 2 is 1.78 bits per heavy atom. The van der Waals surface area contributed by atoms with Crippen LogP contribution >= 0.6 is 0 Å². The molecule has 3 heteroatoms. The first-order chi connectivity index (χ1) is 8.92. The zero-order valence-corrected chi connectivity index (χ0v) is 10.8. The molecule has 0 bridgehead atoms. The van der Waals surface area contributed by atoms with Crippen LogP contribution < -0.4 is 10.6 Å². The Morgan fingerprint density at radius 3 is 2.61 bits per heavy atom. The minimum absolute atomic E-state index is 0.548. The Kier molecular flexibility index (Phi) is 3.49. The molecular weight excluding hydrogens is 222 g/mol. The number of nitrogens with zero attached hydrogens (tertiary/aromatic N) is 1. The third-order valence-electron chi connectivity index (χ3n) is 3.80. The molecule has 0 unspecified atom stereocenters. The maximum atomic E-state index is 4.92. The van der Waals surface area contributed by atoms with E-state index < -0.39 is 0 Å². The summed E-state index contributed by atoms with van der Waals surface area (Å²) in [7, 11) is 0. The fraction of sp³-hybridized carbons (Fsp3) is 0.533. The summed E-state index contributed by atoms with van der Waals surface area (Å²) in [6.07, 6.45) is 7.59. The highest BCUT2D eigenvalue weighted by atomic mass is 15.1. The Morgan fingerprint density at radius 1 is 1.00 bits per heavy atom. The molecule has 1 aliphatic carbocycles. The van der Waals surface area contributed by atoms with Crippen LogP contribution in [-0.4, -0.2) is 18.4 Å². The molecule has 1 aromatic rings. The van der Waals surface area contributed by atoms with Crippen molar-refractivity contribution in [3.8, 4) is 0 Å². The number of benzene rings is 1. The number of hydrogen-bond acceptors (Lipinski definition) is 2. The van der Waals surface area contributed by atoms with E-state index in [-0.39, 0.29) is 0 Å². The molecule has 0 atom stereocenters. The fourth-order valence-electron chi connectivity index (χ4n) is 2.81. The van der Waals surface area contributed by atoms with Crippen LogP contribution in [0.25, 0.3) is 0 Å². The van der Waals surface area contributed by atoms with Crippen LogP contribution in [0.3, 0.4) is 0 Å². The lowest BCUT2D eigenvalue weighted by Gasteiger charge is -2.19. The molecular formula is C15H21N3. The van der Waals surface area contributed by atoms with Crippen LogP contribution in [0.4, 0.5) is 11.4 Å². The summed E-state index contributed by atoms with van der Waals surface area (Å²) in [4.78, 5) is 4.92. The normalized spacial score (nSPS) is 22.8.